The Hall–Kier alpha value is -1.59. The Balaban J connectivity index is 1.91. The molecule has 3 N–H and O–H groups in total. The predicted octanol–water partition coefficient (Wildman–Crippen LogP) is 0.605. The highest BCUT2D eigenvalue weighted by molar-refractivity contribution is 6.30. The van der Waals surface area contributed by atoms with Crippen molar-refractivity contribution in [2.24, 2.45) is 0 Å². The van der Waals surface area contributed by atoms with Crippen molar-refractivity contribution in [2.45, 2.75) is 19.0 Å². The number of carbonyl (C=O) groups is 2. The number of halogens is 1. The van der Waals surface area contributed by atoms with Crippen LogP contribution in [-0.2, 0) is 9.59 Å². The molecule has 1 heterocycles. The summed E-state index contributed by atoms with van der Waals surface area (Å²) in [5.74, 6) is -0.211. The number of amides is 2. The van der Waals surface area contributed by atoms with Gasteiger partial charge in [0.2, 0.25) is 11.8 Å². The summed E-state index contributed by atoms with van der Waals surface area (Å²) < 4.78 is 0. The molecule has 19 heavy (non-hydrogen) atoms. The van der Waals surface area contributed by atoms with Crippen LogP contribution in [-0.4, -0.2) is 30.9 Å². The second kappa shape index (κ2) is 6.04. The normalized spacial score (nSPS) is 20.5. The molecule has 2 atom stereocenters. The summed E-state index contributed by atoms with van der Waals surface area (Å²) in [5.41, 5.74) is 0.984. The average Bonchev–Trinajstić information content (AvgIpc) is 2.40. The van der Waals surface area contributed by atoms with Crippen molar-refractivity contribution in [1.29, 1.82) is 0 Å². The van der Waals surface area contributed by atoms with E-state index >= 15 is 0 Å². The van der Waals surface area contributed by atoms with Crippen LogP contribution in [0.1, 0.15) is 18.5 Å². The standard InChI is InChI=1S/C13H16ClN3O2/c1-8(9-2-4-10(14)5-3-9)17-13(19)11-6-16-12(18)7-15-11/h2-5,8,11,15H,6-7H2,1H3,(H,16,18)(H,17,19)/t8-,11?/m1/s1. The number of benzene rings is 1. The third-order valence-corrected chi connectivity index (χ3v) is 3.31. The van der Waals surface area contributed by atoms with Crippen LogP contribution >= 0.6 is 11.6 Å². The highest BCUT2D eigenvalue weighted by Gasteiger charge is 2.24. The second-order valence-electron chi connectivity index (χ2n) is 4.52. The summed E-state index contributed by atoms with van der Waals surface area (Å²) in [6.45, 7) is 2.40. The molecule has 6 heteroatoms. The second-order valence-corrected chi connectivity index (χ2v) is 4.96. The van der Waals surface area contributed by atoms with Gasteiger partial charge in [0.1, 0.15) is 6.04 Å². The zero-order valence-electron chi connectivity index (χ0n) is 10.6. The molecule has 1 aliphatic heterocycles. The molecule has 2 amide bonds. The van der Waals surface area contributed by atoms with Gasteiger partial charge in [0, 0.05) is 11.6 Å². The lowest BCUT2D eigenvalue weighted by Gasteiger charge is -2.25. The number of hydrogen-bond acceptors (Lipinski definition) is 3. The lowest BCUT2D eigenvalue weighted by molar-refractivity contribution is -0.127. The van der Waals surface area contributed by atoms with Crippen LogP contribution in [0.3, 0.4) is 0 Å². The number of carbonyl (C=O) groups excluding carboxylic acids is 2. The third-order valence-electron chi connectivity index (χ3n) is 3.06. The van der Waals surface area contributed by atoms with Crippen molar-refractivity contribution in [3.63, 3.8) is 0 Å². The first-order valence-electron chi connectivity index (χ1n) is 6.12. The van der Waals surface area contributed by atoms with Gasteiger partial charge < -0.3 is 10.6 Å². The quantitative estimate of drug-likeness (QED) is 0.760. The van der Waals surface area contributed by atoms with Gasteiger partial charge in [0.25, 0.3) is 0 Å². The fourth-order valence-corrected chi connectivity index (χ4v) is 2.03. The number of nitrogens with one attached hydrogen (secondary N) is 3. The first-order chi connectivity index (χ1) is 9.06. The Morgan fingerprint density at radius 3 is 2.68 bits per heavy atom. The molecule has 1 saturated heterocycles. The van der Waals surface area contributed by atoms with Crippen molar-refractivity contribution < 1.29 is 9.59 Å². The van der Waals surface area contributed by atoms with Gasteiger partial charge >= 0.3 is 0 Å². The van der Waals surface area contributed by atoms with Gasteiger partial charge in [-0.3, -0.25) is 14.9 Å². The van der Waals surface area contributed by atoms with Gasteiger partial charge in [-0.25, -0.2) is 0 Å². The average molecular weight is 282 g/mol. The zero-order valence-corrected chi connectivity index (χ0v) is 11.3. The van der Waals surface area contributed by atoms with Gasteiger partial charge in [-0.2, -0.15) is 0 Å². The van der Waals surface area contributed by atoms with Crippen LogP contribution < -0.4 is 16.0 Å². The largest absolute Gasteiger partial charge is 0.353 e. The minimum Gasteiger partial charge on any atom is -0.353 e. The maximum atomic E-state index is 12.0. The van der Waals surface area contributed by atoms with Gasteiger partial charge in [-0.15, -0.1) is 0 Å². The van der Waals surface area contributed by atoms with E-state index in [1.807, 2.05) is 19.1 Å². The van der Waals surface area contributed by atoms with Crippen molar-refractivity contribution >= 4 is 23.4 Å². The Morgan fingerprint density at radius 2 is 2.11 bits per heavy atom. The van der Waals surface area contributed by atoms with Crippen LogP contribution in [0.15, 0.2) is 24.3 Å². The molecule has 0 radical (unpaired) electrons. The number of piperazine rings is 1. The lowest BCUT2D eigenvalue weighted by Crippen LogP contribution is -2.58. The molecule has 1 unspecified atom stereocenters. The molecule has 0 aromatic heterocycles. The molecule has 5 nitrogen and oxygen atoms in total. The first-order valence-corrected chi connectivity index (χ1v) is 6.50. The molecule has 1 aliphatic rings. The van der Waals surface area contributed by atoms with Crippen molar-refractivity contribution in [3.8, 4) is 0 Å². The Bertz CT molecular complexity index is 465. The highest BCUT2D eigenvalue weighted by Crippen LogP contribution is 2.16. The summed E-state index contributed by atoms with van der Waals surface area (Å²) in [6.07, 6.45) is 0. The lowest BCUT2D eigenvalue weighted by atomic mass is 10.1. The van der Waals surface area contributed by atoms with Crippen molar-refractivity contribution in [1.82, 2.24) is 16.0 Å². The van der Waals surface area contributed by atoms with Crippen LogP contribution in [0, 0.1) is 0 Å². The summed E-state index contributed by atoms with van der Waals surface area (Å²) in [7, 11) is 0. The summed E-state index contributed by atoms with van der Waals surface area (Å²) >= 11 is 5.82. The molecule has 1 aromatic rings. The maximum Gasteiger partial charge on any atom is 0.239 e. The Labute approximate surface area is 116 Å². The van der Waals surface area contributed by atoms with E-state index in [9.17, 15) is 9.59 Å². The molecular formula is C13H16ClN3O2. The summed E-state index contributed by atoms with van der Waals surface area (Å²) in [6, 6.07) is 6.85. The Morgan fingerprint density at radius 1 is 1.42 bits per heavy atom. The first kappa shape index (κ1) is 13.8. The minimum absolute atomic E-state index is 0.0881. The molecule has 1 fully saturated rings. The molecule has 1 aromatic carbocycles. The van der Waals surface area contributed by atoms with E-state index in [0.717, 1.165) is 5.56 Å². The van der Waals surface area contributed by atoms with E-state index in [-0.39, 0.29) is 30.4 Å². The highest BCUT2D eigenvalue weighted by atomic mass is 35.5. The molecule has 102 valence electrons. The zero-order chi connectivity index (χ0) is 13.8. The van der Waals surface area contributed by atoms with E-state index < -0.39 is 0 Å². The van der Waals surface area contributed by atoms with E-state index in [2.05, 4.69) is 16.0 Å². The van der Waals surface area contributed by atoms with Gasteiger partial charge in [-0.1, -0.05) is 23.7 Å². The molecular weight excluding hydrogens is 266 g/mol. The van der Waals surface area contributed by atoms with E-state index in [4.69, 9.17) is 11.6 Å². The van der Waals surface area contributed by atoms with Gasteiger partial charge in [-0.05, 0) is 24.6 Å². The predicted molar refractivity (Wildman–Crippen MR) is 72.8 cm³/mol. The smallest absolute Gasteiger partial charge is 0.239 e. The molecule has 0 spiro atoms. The number of rotatable bonds is 3. The van der Waals surface area contributed by atoms with Crippen LogP contribution in [0.25, 0.3) is 0 Å². The van der Waals surface area contributed by atoms with Gasteiger partial charge in [0.15, 0.2) is 0 Å². The van der Waals surface area contributed by atoms with Gasteiger partial charge in [0.05, 0.1) is 12.6 Å². The molecule has 0 saturated carbocycles. The minimum atomic E-state index is -0.382. The summed E-state index contributed by atoms with van der Waals surface area (Å²) in [5, 5.41) is 9.11. The SMILES string of the molecule is C[C@@H](NC(=O)C1CNC(=O)CN1)c1ccc(Cl)cc1. The van der Waals surface area contributed by atoms with Crippen LogP contribution in [0.5, 0.6) is 0 Å². The number of hydrogen-bond donors (Lipinski definition) is 3. The fraction of sp³-hybridized carbons (Fsp3) is 0.385. The third kappa shape index (κ3) is 3.68. The van der Waals surface area contributed by atoms with E-state index in [0.29, 0.717) is 11.6 Å². The van der Waals surface area contributed by atoms with Crippen LogP contribution in [0.4, 0.5) is 0 Å². The van der Waals surface area contributed by atoms with E-state index in [1.54, 1.807) is 12.1 Å². The van der Waals surface area contributed by atoms with Crippen LogP contribution in [0.2, 0.25) is 5.02 Å². The summed E-state index contributed by atoms with van der Waals surface area (Å²) in [4.78, 5) is 23.0. The Kier molecular flexibility index (Phi) is 4.39. The fourth-order valence-electron chi connectivity index (χ4n) is 1.90. The molecule has 0 bridgehead atoms. The molecule has 0 aliphatic carbocycles. The molecule has 2 rings (SSSR count). The van der Waals surface area contributed by atoms with Crippen molar-refractivity contribution in [2.75, 3.05) is 13.1 Å². The van der Waals surface area contributed by atoms with E-state index in [1.165, 1.54) is 0 Å². The monoisotopic (exact) mass is 281 g/mol. The van der Waals surface area contributed by atoms with Crippen molar-refractivity contribution in [3.05, 3.63) is 34.9 Å². The topological polar surface area (TPSA) is 70.2 Å². The maximum absolute atomic E-state index is 12.0.